The third kappa shape index (κ3) is 40.5. The first kappa shape index (κ1) is 79.2. The summed E-state index contributed by atoms with van der Waals surface area (Å²) in [5.41, 5.74) is 7.86. The van der Waals surface area contributed by atoms with E-state index in [2.05, 4.69) is 210 Å². The molecule has 25 heteroatoms. The molecule has 0 radical (unpaired) electrons. The highest BCUT2D eigenvalue weighted by Crippen LogP contribution is 2.12. The van der Waals surface area contributed by atoms with Gasteiger partial charge in [-0.15, -0.1) is 50.5 Å². The molecule has 0 atom stereocenters. The summed E-state index contributed by atoms with van der Waals surface area (Å²) in [7, 11) is 0. The summed E-state index contributed by atoms with van der Waals surface area (Å²) in [6.07, 6.45) is 4.52. The Labute approximate surface area is 544 Å². The van der Waals surface area contributed by atoms with Crippen LogP contribution in [0.1, 0.15) is 105 Å². The summed E-state index contributed by atoms with van der Waals surface area (Å²) in [6, 6.07) is 64.9. The quantitative estimate of drug-likeness (QED) is 0.0450. The van der Waals surface area contributed by atoms with Crippen LogP contribution in [0.25, 0.3) is 0 Å². The van der Waals surface area contributed by atoms with Gasteiger partial charge in [0, 0.05) is 22.3 Å². The van der Waals surface area contributed by atoms with E-state index in [0.29, 0.717) is 22.3 Å². The van der Waals surface area contributed by atoms with Crippen LogP contribution in [0.5, 0.6) is 0 Å². The van der Waals surface area contributed by atoms with Crippen LogP contribution >= 0.6 is 88.4 Å². The molecule has 8 rings (SSSR count). The summed E-state index contributed by atoms with van der Waals surface area (Å²) in [6.45, 7) is 0. The van der Waals surface area contributed by atoms with Gasteiger partial charge in [-0.25, -0.2) is 33.6 Å². The molecule has 7 N–H and O–H groups in total. The van der Waals surface area contributed by atoms with Crippen molar-refractivity contribution in [2.75, 3.05) is 0 Å². The van der Waals surface area contributed by atoms with E-state index in [-0.39, 0.29) is 42.7 Å². The monoisotopic (exact) mass is 1330 g/mol. The van der Waals surface area contributed by atoms with E-state index >= 15 is 0 Å². The molecule has 0 saturated heterocycles. The van der Waals surface area contributed by atoms with Gasteiger partial charge in [0.15, 0.2) is 0 Å². The third-order valence-corrected chi connectivity index (χ3v) is 11.3. The molecule has 0 amide bonds. The van der Waals surface area contributed by atoms with Crippen LogP contribution in [0.2, 0.25) is 0 Å². The van der Waals surface area contributed by atoms with Crippen molar-refractivity contribution in [3.05, 3.63) is 285 Å². The first-order valence-corrected chi connectivity index (χ1v) is 27.8. The molecule has 0 aliphatic rings. The van der Waals surface area contributed by atoms with E-state index in [1.807, 2.05) is 0 Å². The van der Waals surface area contributed by atoms with E-state index in [1.165, 1.54) is 119 Å². The minimum Gasteiger partial charge on any atom is -0.478 e. The molecule has 0 aromatic heterocycles. The van der Waals surface area contributed by atoms with E-state index in [9.17, 15) is 38.4 Å². The molecule has 8 aromatic carbocycles. The highest BCUT2D eigenvalue weighted by Gasteiger charge is 2.07. The maximum absolute atomic E-state index is 10.6. The Morgan fingerprint density at radius 2 is 0.318 bits per heavy atom. The average Bonchev–Trinajstić information content (AvgIpc) is 3.52. The summed E-state index contributed by atoms with van der Waals surface area (Å²) in [5.74, 6) is -4.03. The molecule has 18 nitrogen and oxygen atoms in total. The summed E-state index contributed by atoms with van der Waals surface area (Å²) < 4.78 is 0. The van der Waals surface area contributed by atoms with Gasteiger partial charge in [0.25, 0.3) is 0 Å². The van der Waals surface area contributed by atoms with Gasteiger partial charge < -0.3 is 35.7 Å². The van der Waals surface area contributed by atoms with Crippen LogP contribution in [-0.4, -0.2) is 96.0 Å². The lowest BCUT2D eigenvalue weighted by molar-refractivity contribution is 0.0686. The van der Waals surface area contributed by atoms with Crippen molar-refractivity contribution >= 4 is 149 Å². The van der Waals surface area contributed by atoms with Gasteiger partial charge in [0.05, 0.1) is 22.3 Å². The molecule has 0 bridgehead atoms. The lowest BCUT2D eigenvalue weighted by Gasteiger charge is -2.01. The molecule has 8 aromatic rings. The number of hydrogen-bond acceptors (Lipinski definition) is 11. The second kappa shape index (κ2) is 46.4. The van der Waals surface area contributed by atoms with Gasteiger partial charge in [-0.1, -0.05) is 159 Å². The molecule has 88 heavy (non-hydrogen) atoms. The maximum Gasteiger partial charge on any atom is 0.361 e. The Morgan fingerprint density at radius 3 is 0.420 bits per heavy atom. The fourth-order valence-corrected chi connectivity index (χ4v) is 6.77. The Bertz CT molecular complexity index is 2850. The van der Waals surface area contributed by atoms with E-state index in [1.54, 1.807) is 0 Å². The molecular weight excluding hydrogens is 1270 g/mol. The Kier molecular flexibility index (Phi) is 41.8. The first-order chi connectivity index (χ1) is 41.5. The van der Waals surface area contributed by atoms with Gasteiger partial charge in [0.2, 0.25) is 20.5 Å². The second-order valence-electron chi connectivity index (χ2n) is 16.5. The molecule has 460 valence electrons. The van der Waals surface area contributed by atoms with Crippen LogP contribution in [0, 0.1) is 0 Å². The smallest absolute Gasteiger partial charge is 0.361 e. The molecule has 0 heterocycles. The van der Waals surface area contributed by atoms with Crippen molar-refractivity contribution in [1.82, 2.24) is 0 Å². The number of carboxylic acids is 4. The van der Waals surface area contributed by atoms with Crippen LogP contribution in [-0.2, 0) is 25.7 Å². The zero-order valence-corrected chi connectivity index (χ0v) is 52.1. The topological polar surface area (TPSA) is 329 Å². The number of carboxylic acid groups (broad SMARTS) is 7. The van der Waals surface area contributed by atoms with E-state index in [4.69, 9.17) is 50.1 Å². The normalized spacial score (nSPS) is 9.17. The summed E-state index contributed by atoms with van der Waals surface area (Å²) >= 11 is 23.0. The maximum atomic E-state index is 10.6. The molecule has 0 fully saturated rings. The van der Waals surface area contributed by atoms with Gasteiger partial charge in [-0.05, 0) is 145 Å². The number of hydrogen-bond donors (Lipinski definition) is 14. The van der Waals surface area contributed by atoms with Crippen molar-refractivity contribution in [1.29, 1.82) is 0 Å². The minimum absolute atomic E-state index is 0.160. The number of rotatable bonds is 14. The molecule has 0 saturated carbocycles. The fourth-order valence-electron chi connectivity index (χ4n) is 6.18. The van der Waals surface area contributed by atoms with Crippen molar-refractivity contribution < 1.29 is 88.5 Å². The first-order valence-electron chi connectivity index (χ1n) is 24.7. The molecule has 0 spiro atoms. The molecule has 0 aliphatic heterocycles. The number of benzene rings is 8. The van der Waals surface area contributed by atoms with Gasteiger partial charge in [-0.2, -0.15) is 0 Å². The van der Waals surface area contributed by atoms with Crippen molar-refractivity contribution in [3.8, 4) is 0 Å². The van der Waals surface area contributed by atoms with E-state index in [0.717, 1.165) is 25.7 Å². The third-order valence-electron chi connectivity index (χ3n) is 10.3. The number of thiol groups is 7. The van der Waals surface area contributed by atoms with Crippen molar-refractivity contribution in [2.45, 2.75) is 25.7 Å². The van der Waals surface area contributed by atoms with Crippen LogP contribution in [0.15, 0.2) is 218 Å². The number of carbonyl (C=O) groups is 11. The lowest BCUT2D eigenvalue weighted by Crippen LogP contribution is -1.96. The predicted molar refractivity (Wildman–Crippen MR) is 358 cm³/mol. The van der Waals surface area contributed by atoms with E-state index < -0.39 is 39.8 Å². The summed E-state index contributed by atoms with van der Waals surface area (Å²) in [4.78, 5) is 111. The highest BCUT2D eigenvalue weighted by atomic mass is 32.1. The summed E-state index contributed by atoms with van der Waals surface area (Å²) in [5, 5.41) is 51.0. The van der Waals surface area contributed by atoms with Crippen LogP contribution in [0.3, 0.4) is 0 Å². The Balaban J connectivity index is 0.000000995. The predicted octanol–water partition coefficient (Wildman–Crippen LogP) is 14.5. The van der Waals surface area contributed by atoms with Crippen molar-refractivity contribution in [3.63, 3.8) is 0 Å². The number of aryl methyl sites for hydroxylation is 4. The molecular formula is C63H58O18S7. The molecule has 0 unspecified atom stereocenters. The van der Waals surface area contributed by atoms with Gasteiger partial charge >= 0.3 is 39.8 Å². The zero-order valence-electron chi connectivity index (χ0n) is 45.9. The highest BCUT2D eigenvalue weighted by molar-refractivity contribution is 7.98. The zero-order chi connectivity index (χ0) is 66.6. The molecule has 0 aliphatic carbocycles. The lowest BCUT2D eigenvalue weighted by atomic mass is 10.0. The van der Waals surface area contributed by atoms with Crippen molar-refractivity contribution in [2.24, 2.45) is 0 Å². The average molecular weight is 1330 g/mol. The fraction of sp³-hybridized carbons (Fsp3) is 0.0635. The number of aromatic carboxylic acids is 4. The second-order valence-corrected chi connectivity index (χ2v) is 19.3. The Morgan fingerprint density at radius 1 is 0.205 bits per heavy atom. The van der Waals surface area contributed by atoms with Gasteiger partial charge in [-0.3, -0.25) is 19.2 Å². The largest absolute Gasteiger partial charge is 0.478 e. The number of carbonyl (C=O) groups excluding carboxylic acids is 4. The van der Waals surface area contributed by atoms with Crippen LogP contribution in [0.4, 0.5) is 14.4 Å². The standard InChI is InChI=1S/2C14H14.4C8H6O3S.3CH2O2S/c2*1-3-7-13(8-4-1)11-12-14-9-5-2-6-10-14;4*9-7(10)5-1-3-6(4-2-5)8(11)12;3*2-1(3)4/h2*1-10H,11-12H2;4*1-4H,(H,9,10)(H,11,12);3*4H,(H,2,3). The SMILES string of the molecule is O=C(O)S.O=C(O)S.O=C(O)S.O=C(O)c1ccc(C(=O)S)cc1.O=C(O)c1ccc(C(=O)S)cc1.O=C(O)c1ccc(C(=O)S)cc1.O=C(O)c1ccc(C(=O)S)cc1.c1ccc(CCc2ccccc2)cc1.c1ccc(CCc2ccccc2)cc1. The minimum atomic E-state index is -1.14. The Hall–Kier alpha value is -8.82. The van der Waals surface area contributed by atoms with Gasteiger partial charge in [0.1, 0.15) is 0 Å². The van der Waals surface area contributed by atoms with Crippen LogP contribution < -0.4 is 0 Å².